The van der Waals surface area contributed by atoms with E-state index in [1.54, 1.807) is 4.90 Å². The molecule has 1 saturated carbocycles. The van der Waals surface area contributed by atoms with Gasteiger partial charge in [-0.05, 0) is 61.8 Å². The van der Waals surface area contributed by atoms with Crippen LogP contribution in [0.15, 0.2) is 29.8 Å². The average Bonchev–Trinajstić information content (AvgIpc) is 3.54. The van der Waals surface area contributed by atoms with Gasteiger partial charge >= 0.3 is 0 Å². The summed E-state index contributed by atoms with van der Waals surface area (Å²) in [5.41, 5.74) is 0.537. The second-order valence-electron chi connectivity index (χ2n) is 7.46. The molecule has 0 aromatic heterocycles. The van der Waals surface area contributed by atoms with Crippen molar-refractivity contribution < 1.29 is 19.1 Å². The summed E-state index contributed by atoms with van der Waals surface area (Å²) >= 11 is 0. The van der Waals surface area contributed by atoms with E-state index in [1.807, 2.05) is 6.07 Å². The highest BCUT2D eigenvalue weighted by atomic mass is 19.1. The molecule has 3 rings (SSSR count). The van der Waals surface area contributed by atoms with E-state index in [9.17, 15) is 24.3 Å². The van der Waals surface area contributed by atoms with Gasteiger partial charge in [-0.25, -0.2) is 4.39 Å². The maximum absolute atomic E-state index is 13.0. The van der Waals surface area contributed by atoms with Gasteiger partial charge < -0.3 is 15.3 Å². The predicted molar refractivity (Wildman–Crippen MR) is 101 cm³/mol. The third-order valence-corrected chi connectivity index (χ3v) is 5.17. The van der Waals surface area contributed by atoms with E-state index >= 15 is 0 Å². The van der Waals surface area contributed by atoms with Crippen LogP contribution in [-0.4, -0.2) is 47.1 Å². The highest BCUT2D eigenvalue weighted by molar-refractivity contribution is 6.01. The number of nitrogens with zero attached hydrogens (tertiary/aromatic N) is 2. The fraction of sp³-hybridized carbons (Fsp3) is 0.476. The van der Waals surface area contributed by atoms with Crippen molar-refractivity contribution in [3.05, 3.63) is 41.2 Å². The molecule has 2 N–H and O–H groups in total. The SMILES string of the molecule is N#C/C(=C/c1ccc(F)cc1)C(=O)N1CCCCC(NC(=O)C(O)C2CC2)C1. The van der Waals surface area contributed by atoms with Crippen molar-refractivity contribution in [1.82, 2.24) is 10.2 Å². The number of nitriles is 1. The molecule has 2 unspecified atom stereocenters. The summed E-state index contributed by atoms with van der Waals surface area (Å²) in [5.74, 6) is -1.13. The number of halogens is 1. The van der Waals surface area contributed by atoms with E-state index < -0.39 is 12.0 Å². The molecule has 1 aromatic rings. The molecule has 6 nitrogen and oxygen atoms in total. The van der Waals surface area contributed by atoms with Gasteiger partial charge in [0.15, 0.2) is 0 Å². The van der Waals surface area contributed by atoms with E-state index in [4.69, 9.17) is 0 Å². The van der Waals surface area contributed by atoms with Crippen molar-refractivity contribution in [2.45, 2.75) is 44.2 Å². The fourth-order valence-electron chi connectivity index (χ4n) is 3.39. The van der Waals surface area contributed by atoms with Crippen molar-refractivity contribution in [2.75, 3.05) is 13.1 Å². The van der Waals surface area contributed by atoms with Gasteiger partial charge in [0.25, 0.3) is 5.91 Å². The van der Waals surface area contributed by atoms with Crippen LogP contribution in [0.1, 0.15) is 37.7 Å². The number of rotatable bonds is 5. The van der Waals surface area contributed by atoms with Crippen LogP contribution in [0, 0.1) is 23.1 Å². The first-order valence-corrected chi connectivity index (χ1v) is 9.63. The molecule has 1 heterocycles. The number of amides is 2. The lowest BCUT2D eigenvalue weighted by molar-refractivity contribution is -0.132. The lowest BCUT2D eigenvalue weighted by Crippen LogP contribution is -2.48. The van der Waals surface area contributed by atoms with Crippen molar-refractivity contribution in [1.29, 1.82) is 5.26 Å². The Balaban J connectivity index is 1.67. The molecule has 2 amide bonds. The van der Waals surface area contributed by atoms with Crippen LogP contribution < -0.4 is 5.32 Å². The predicted octanol–water partition coefficient (Wildman–Crippen LogP) is 2.00. The van der Waals surface area contributed by atoms with Gasteiger partial charge in [-0.1, -0.05) is 12.1 Å². The number of carbonyl (C=O) groups excluding carboxylic acids is 2. The van der Waals surface area contributed by atoms with Crippen molar-refractivity contribution in [3.8, 4) is 6.07 Å². The minimum atomic E-state index is -0.986. The second-order valence-corrected chi connectivity index (χ2v) is 7.46. The molecule has 1 aliphatic heterocycles. The Hall–Kier alpha value is -2.72. The zero-order valence-electron chi connectivity index (χ0n) is 15.6. The molecule has 2 atom stereocenters. The fourth-order valence-corrected chi connectivity index (χ4v) is 3.39. The Bertz CT molecular complexity index is 796. The number of nitrogens with one attached hydrogen (secondary N) is 1. The van der Waals surface area contributed by atoms with Gasteiger partial charge in [0, 0.05) is 19.1 Å². The molecule has 148 valence electrons. The molecule has 0 spiro atoms. The topological polar surface area (TPSA) is 93.4 Å². The molecule has 28 heavy (non-hydrogen) atoms. The number of aliphatic hydroxyl groups excluding tert-OH is 1. The van der Waals surface area contributed by atoms with Gasteiger partial charge in [0.05, 0.1) is 0 Å². The minimum absolute atomic E-state index is 0.0309. The molecule has 1 aliphatic carbocycles. The zero-order valence-corrected chi connectivity index (χ0v) is 15.6. The lowest BCUT2D eigenvalue weighted by Gasteiger charge is -2.25. The van der Waals surface area contributed by atoms with Crippen LogP contribution >= 0.6 is 0 Å². The molecule has 7 heteroatoms. The van der Waals surface area contributed by atoms with Crippen LogP contribution in [0.3, 0.4) is 0 Å². The summed E-state index contributed by atoms with van der Waals surface area (Å²) in [6.45, 7) is 0.795. The summed E-state index contributed by atoms with van der Waals surface area (Å²) in [6, 6.07) is 7.23. The number of hydrogen-bond donors (Lipinski definition) is 2. The van der Waals surface area contributed by atoms with Crippen LogP contribution in [0.25, 0.3) is 6.08 Å². The number of aliphatic hydroxyl groups is 1. The Morgan fingerprint density at radius 1 is 1.25 bits per heavy atom. The summed E-state index contributed by atoms with van der Waals surface area (Å²) in [7, 11) is 0. The van der Waals surface area contributed by atoms with Gasteiger partial charge in [-0.2, -0.15) is 5.26 Å². The highest BCUT2D eigenvalue weighted by Gasteiger charge is 2.36. The first-order chi connectivity index (χ1) is 13.5. The van der Waals surface area contributed by atoms with E-state index in [1.165, 1.54) is 30.3 Å². The van der Waals surface area contributed by atoms with E-state index in [-0.39, 0.29) is 29.3 Å². The summed E-state index contributed by atoms with van der Waals surface area (Å²) in [4.78, 5) is 26.6. The van der Waals surface area contributed by atoms with Crippen molar-refractivity contribution >= 4 is 17.9 Å². The van der Waals surface area contributed by atoms with Crippen LogP contribution in [0.5, 0.6) is 0 Å². The number of hydrogen-bond acceptors (Lipinski definition) is 4. The number of benzene rings is 1. The second kappa shape index (κ2) is 8.98. The zero-order chi connectivity index (χ0) is 20.1. The first-order valence-electron chi connectivity index (χ1n) is 9.63. The first kappa shape index (κ1) is 20.0. The van der Waals surface area contributed by atoms with Crippen LogP contribution in [-0.2, 0) is 9.59 Å². The molecule has 1 aromatic carbocycles. The molecule has 2 aliphatic rings. The molecule has 1 saturated heterocycles. The Kier molecular flexibility index (Phi) is 6.42. The van der Waals surface area contributed by atoms with Crippen LogP contribution in [0.2, 0.25) is 0 Å². The van der Waals surface area contributed by atoms with Gasteiger partial charge in [0.1, 0.15) is 23.6 Å². The number of carbonyl (C=O) groups is 2. The summed E-state index contributed by atoms with van der Waals surface area (Å²) < 4.78 is 13.0. The third kappa shape index (κ3) is 5.17. The molecule has 0 bridgehead atoms. The molecular weight excluding hydrogens is 361 g/mol. The average molecular weight is 385 g/mol. The largest absolute Gasteiger partial charge is 0.383 e. The van der Waals surface area contributed by atoms with Crippen molar-refractivity contribution in [2.24, 2.45) is 5.92 Å². The monoisotopic (exact) mass is 385 g/mol. The van der Waals surface area contributed by atoms with E-state index in [0.29, 0.717) is 18.7 Å². The van der Waals surface area contributed by atoms with Crippen molar-refractivity contribution in [3.63, 3.8) is 0 Å². The minimum Gasteiger partial charge on any atom is -0.383 e. The molecule has 0 radical (unpaired) electrons. The number of likely N-dealkylation sites (tertiary alicyclic amines) is 1. The standard InChI is InChI=1S/C21H24FN3O3/c22-17-8-4-14(5-9-17)11-16(12-23)21(28)25-10-2-1-3-18(13-25)24-20(27)19(26)15-6-7-15/h4-5,8-9,11,15,18-19,26H,1-3,6-7,10,13H2,(H,24,27)/b16-11-. The van der Waals surface area contributed by atoms with E-state index in [0.717, 1.165) is 32.1 Å². The van der Waals surface area contributed by atoms with Gasteiger partial charge in [-0.3, -0.25) is 9.59 Å². The van der Waals surface area contributed by atoms with Crippen LogP contribution in [0.4, 0.5) is 4.39 Å². The Morgan fingerprint density at radius 2 is 1.96 bits per heavy atom. The lowest BCUT2D eigenvalue weighted by atomic mass is 10.1. The normalized spacial score (nSPS) is 21.4. The maximum atomic E-state index is 13.0. The summed E-state index contributed by atoms with van der Waals surface area (Å²) in [5, 5.41) is 22.2. The molecular formula is C21H24FN3O3. The van der Waals surface area contributed by atoms with Gasteiger partial charge in [-0.15, -0.1) is 0 Å². The van der Waals surface area contributed by atoms with E-state index in [2.05, 4.69) is 5.32 Å². The highest BCUT2D eigenvalue weighted by Crippen LogP contribution is 2.32. The molecule has 2 fully saturated rings. The maximum Gasteiger partial charge on any atom is 0.264 e. The third-order valence-electron chi connectivity index (χ3n) is 5.17. The Labute approximate surface area is 163 Å². The van der Waals surface area contributed by atoms with Gasteiger partial charge in [0.2, 0.25) is 5.91 Å². The Morgan fingerprint density at radius 3 is 2.61 bits per heavy atom. The summed E-state index contributed by atoms with van der Waals surface area (Å²) in [6.07, 6.45) is 4.53. The quantitative estimate of drug-likeness (QED) is 0.599. The smallest absolute Gasteiger partial charge is 0.264 e.